The maximum atomic E-state index is 12.3. The van der Waals surface area contributed by atoms with Gasteiger partial charge in [0, 0.05) is 35.8 Å². The van der Waals surface area contributed by atoms with Gasteiger partial charge in [0.15, 0.2) is 6.61 Å². The Kier molecular flexibility index (Phi) is 6.31. The molecule has 4 rings (SSSR count). The van der Waals surface area contributed by atoms with E-state index in [2.05, 4.69) is 15.3 Å². The number of nitrogens with one attached hydrogen (secondary N) is 2. The summed E-state index contributed by atoms with van der Waals surface area (Å²) >= 11 is 0. The first kappa shape index (κ1) is 20.9. The van der Waals surface area contributed by atoms with Crippen molar-refractivity contribution in [3.63, 3.8) is 0 Å². The van der Waals surface area contributed by atoms with Crippen LogP contribution in [0.4, 0.5) is 0 Å². The molecule has 8 nitrogen and oxygen atoms in total. The fourth-order valence-electron chi connectivity index (χ4n) is 3.24. The van der Waals surface area contributed by atoms with Crippen LogP contribution in [0.3, 0.4) is 0 Å². The van der Waals surface area contributed by atoms with Gasteiger partial charge in [0.2, 0.25) is 5.88 Å². The number of benzene rings is 2. The summed E-state index contributed by atoms with van der Waals surface area (Å²) in [4.78, 5) is 31.2. The summed E-state index contributed by atoms with van der Waals surface area (Å²) in [5, 5.41) is 13.0. The Hall–Kier alpha value is -4.33. The van der Waals surface area contributed by atoms with Crippen molar-refractivity contribution in [3.05, 3.63) is 84.7 Å². The minimum atomic E-state index is -1.11. The molecule has 1 atom stereocenters. The Morgan fingerprint density at radius 2 is 1.75 bits per heavy atom. The molecule has 0 aliphatic heterocycles. The van der Waals surface area contributed by atoms with Crippen molar-refractivity contribution in [3.8, 4) is 17.4 Å². The predicted molar refractivity (Wildman–Crippen MR) is 118 cm³/mol. The Labute approximate surface area is 183 Å². The van der Waals surface area contributed by atoms with Crippen LogP contribution in [0, 0.1) is 0 Å². The standard InChI is InChI=1S/C24H21N3O5/c28-22(15-31-17-8-10-18(11-9-17)32-23-7-3-4-12-25-23)27-21(24(29)30)13-16-14-26-20-6-2-1-5-19(16)20/h1-12,14,21,26H,13,15H2,(H,27,28)(H,29,30). The molecule has 2 heterocycles. The van der Waals surface area contributed by atoms with Crippen LogP contribution in [-0.4, -0.2) is 39.6 Å². The summed E-state index contributed by atoms with van der Waals surface area (Å²) in [7, 11) is 0. The van der Waals surface area contributed by atoms with E-state index in [1.54, 1.807) is 48.8 Å². The minimum absolute atomic E-state index is 0.157. The third kappa shape index (κ3) is 5.23. The number of hydrogen-bond acceptors (Lipinski definition) is 5. The zero-order valence-electron chi connectivity index (χ0n) is 17.0. The number of para-hydroxylation sites is 1. The molecule has 0 saturated carbocycles. The zero-order valence-corrected chi connectivity index (χ0v) is 17.0. The van der Waals surface area contributed by atoms with Gasteiger partial charge in [-0.05, 0) is 42.0 Å². The number of ether oxygens (including phenoxy) is 2. The first-order valence-electron chi connectivity index (χ1n) is 9.97. The minimum Gasteiger partial charge on any atom is -0.484 e. The van der Waals surface area contributed by atoms with Crippen molar-refractivity contribution in [2.24, 2.45) is 0 Å². The maximum absolute atomic E-state index is 12.3. The van der Waals surface area contributed by atoms with Crippen molar-refractivity contribution in [1.29, 1.82) is 0 Å². The molecule has 0 aliphatic carbocycles. The molecule has 4 aromatic rings. The Balaban J connectivity index is 1.31. The molecule has 1 amide bonds. The van der Waals surface area contributed by atoms with Crippen LogP contribution in [-0.2, 0) is 16.0 Å². The lowest BCUT2D eigenvalue weighted by Crippen LogP contribution is -2.44. The zero-order chi connectivity index (χ0) is 22.3. The third-order valence-electron chi connectivity index (χ3n) is 4.79. The van der Waals surface area contributed by atoms with Crippen molar-refractivity contribution in [2.45, 2.75) is 12.5 Å². The molecule has 2 aromatic heterocycles. The van der Waals surface area contributed by atoms with Crippen LogP contribution in [0.1, 0.15) is 5.56 Å². The van der Waals surface area contributed by atoms with E-state index < -0.39 is 17.9 Å². The highest BCUT2D eigenvalue weighted by molar-refractivity contribution is 5.87. The number of aromatic nitrogens is 2. The lowest BCUT2D eigenvalue weighted by atomic mass is 10.1. The number of amides is 1. The third-order valence-corrected chi connectivity index (χ3v) is 4.79. The first-order valence-corrected chi connectivity index (χ1v) is 9.97. The van der Waals surface area contributed by atoms with Crippen LogP contribution >= 0.6 is 0 Å². The fourth-order valence-corrected chi connectivity index (χ4v) is 3.24. The van der Waals surface area contributed by atoms with E-state index in [9.17, 15) is 14.7 Å². The van der Waals surface area contributed by atoms with Crippen LogP contribution in [0.5, 0.6) is 17.4 Å². The van der Waals surface area contributed by atoms with Crippen LogP contribution < -0.4 is 14.8 Å². The summed E-state index contributed by atoms with van der Waals surface area (Å²) < 4.78 is 11.1. The second-order valence-corrected chi connectivity index (χ2v) is 7.05. The molecule has 0 bridgehead atoms. The maximum Gasteiger partial charge on any atom is 0.326 e. The molecule has 162 valence electrons. The van der Waals surface area contributed by atoms with E-state index in [1.165, 1.54) is 0 Å². The highest BCUT2D eigenvalue weighted by Gasteiger charge is 2.22. The largest absolute Gasteiger partial charge is 0.484 e. The van der Waals surface area contributed by atoms with Crippen LogP contribution in [0.2, 0.25) is 0 Å². The number of H-pyrrole nitrogens is 1. The van der Waals surface area contributed by atoms with E-state index >= 15 is 0 Å². The molecule has 0 radical (unpaired) electrons. The Morgan fingerprint density at radius 1 is 1.00 bits per heavy atom. The normalized spacial score (nSPS) is 11.6. The van der Waals surface area contributed by atoms with Gasteiger partial charge in [0.1, 0.15) is 17.5 Å². The number of rotatable bonds is 9. The van der Waals surface area contributed by atoms with Gasteiger partial charge in [-0.3, -0.25) is 4.79 Å². The second kappa shape index (κ2) is 9.65. The molecule has 0 aliphatic rings. The number of aliphatic carboxylic acids is 1. The molecular weight excluding hydrogens is 410 g/mol. The number of fused-ring (bicyclic) bond motifs is 1. The Morgan fingerprint density at radius 3 is 2.50 bits per heavy atom. The van der Waals surface area contributed by atoms with Crippen molar-refractivity contribution in [2.75, 3.05) is 6.61 Å². The highest BCUT2D eigenvalue weighted by Crippen LogP contribution is 2.22. The fraction of sp³-hybridized carbons (Fsp3) is 0.125. The van der Waals surface area contributed by atoms with E-state index in [0.717, 1.165) is 16.5 Å². The number of carbonyl (C=O) groups is 2. The smallest absolute Gasteiger partial charge is 0.326 e. The summed E-state index contributed by atoms with van der Waals surface area (Å²) in [6, 6.07) is 18.6. The average molecular weight is 431 g/mol. The van der Waals surface area contributed by atoms with Crippen LogP contribution in [0.25, 0.3) is 10.9 Å². The summed E-state index contributed by atoms with van der Waals surface area (Å²) in [5.74, 6) is -0.136. The van der Waals surface area contributed by atoms with Gasteiger partial charge in [-0.25, -0.2) is 9.78 Å². The summed E-state index contributed by atoms with van der Waals surface area (Å²) in [5.41, 5.74) is 1.73. The number of carboxylic acids is 1. The SMILES string of the molecule is O=C(COc1ccc(Oc2ccccn2)cc1)NC(Cc1c[nH]c2ccccc12)C(=O)O. The molecule has 2 aromatic carbocycles. The topological polar surface area (TPSA) is 114 Å². The van der Waals surface area contributed by atoms with Gasteiger partial charge in [-0.15, -0.1) is 0 Å². The second-order valence-electron chi connectivity index (χ2n) is 7.05. The lowest BCUT2D eigenvalue weighted by molar-refractivity contribution is -0.142. The van der Waals surface area contributed by atoms with E-state index in [0.29, 0.717) is 17.4 Å². The number of pyridine rings is 1. The van der Waals surface area contributed by atoms with Gasteiger partial charge in [-0.2, -0.15) is 0 Å². The van der Waals surface area contributed by atoms with E-state index in [-0.39, 0.29) is 13.0 Å². The predicted octanol–water partition coefficient (Wildman–Crippen LogP) is 3.55. The number of hydrogen-bond donors (Lipinski definition) is 3. The molecule has 1 unspecified atom stereocenters. The van der Waals surface area contributed by atoms with Gasteiger partial charge in [0.25, 0.3) is 5.91 Å². The Bertz CT molecular complexity index is 1210. The van der Waals surface area contributed by atoms with Crippen molar-refractivity contribution in [1.82, 2.24) is 15.3 Å². The number of carbonyl (C=O) groups excluding carboxylic acids is 1. The highest BCUT2D eigenvalue weighted by atomic mass is 16.5. The molecule has 32 heavy (non-hydrogen) atoms. The molecule has 3 N–H and O–H groups in total. The van der Waals surface area contributed by atoms with Crippen molar-refractivity contribution < 1.29 is 24.2 Å². The van der Waals surface area contributed by atoms with E-state index in [4.69, 9.17) is 9.47 Å². The lowest BCUT2D eigenvalue weighted by Gasteiger charge is -2.15. The average Bonchev–Trinajstić information content (AvgIpc) is 3.22. The molecule has 0 saturated heterocycles. The number of nitrogens with zero attached hydrogens (tertiary/aromatic N) is 1. The molecule has 0 spiro atoms. The molecule has 8 heteroatoms. The van der Waals surface area contributed by atoms with Gasteiger partial charge in [-0.1, -0.05) is 24.3 Å². The first-order chi connectivity index (χ1) is 15.6. The van der Waals surface area contributed by atoms with Gasteiger partial charge >= 0.3 is 5.97 Å². The quantitative estimate of drug-likeness (QED) is 0.374. The summed E-state index contributed by atoms with van der Waals surface area (Å²) in [6.45, 7) is -0.307. The van der Waals surface area contributed by atoms with Crippen LogP contribution in [0.15, 0.2) is 79.1 Å². The van der Waals surface area contributed by atoms with E-state index in [1.807, 2.05) is 30.3 Å². The number of carboxylic acid groups (broad SMARTS) is 1. The summed E-state index contributed by atoms with van der Waals surface area (Å²) in [6.07, 6.45) is 3.55. The number of aromatic amines is 1. The van der Waals surface area contributed by atoms with Gasteiger partial charge < -0.3 is 24.9 Å². The van der Waals surface area contributed by atoms with Crippen molar-refractivity contribution >= 4 is 22.8 Å². The van der Waals surface area contributed by atoms with Gasteiger partial charge in [0.05, 0.1) is 0 Å². The molecule has 0 fully saturated rings. The molecular formula is C24H21N3O5. The monoisotopic (exact) mass is 431 g/mol.